The standard InChI is InChI=1S/C18H25N3O8S/c1-26-8-5-19-17(22)18(23)20-12-16-21(6-2-7-29-16)30(24,25)13-3-4-14-15(11-13)28-10-9-27-14/h3-4,11,16H,2,5-10,12H2,1H3,(H,19,22)(H,20,23)/t16-/m1/s1. The summed E-state index contributed by atoms with van der Waals surface area (Å²) in [4.78, 5) is 23.7. The minimum Gasteiger partial charge on any atom is -0.486 e. The van der Waals surface area contributed by atoms with E-state index in [0.717, 1.165) is 0 Å². The van der Waals surface area contributed by atoms with Crippen molar-refractivity contribution in [2.45, 2.75) is 17.5 Å². The predicted molar refractivity (Wildman–Crippen MR) is 104 cm³/mol. The van der Waals surface area contributed by atoms with Crippen LogP contribution in [0, 0.1) is 0 Å². The number of ether oxygens (including phenoxy) is 4. The van der Waals surface area contributed by atoms with Crippen LogP contribution in [0.15, 0.2) is 23.1 Å². The molecular weight excluding hydrogens is 418 g/mol. The number of carbonyl (C=O) groups is 2. The zero-order valence-electron chi connectivity index (χ0n) is 16.6. The number of rotatable bonds is 7. The largest absolute Gasteiger partial charge is 0.486 e. The van der Waals surface area contributed by atoms with Crippen LogP contribution < -0.4 is 20.1 Å². The van der Waals surface area contributed by atoms with Gasteiger partial charge in [0, 0.05) is 26.3 Å². The van der Waals surface area contributed by atoms with Gasteiger partial charge in [0.1, 0.15) is 19.4 Å². The molecule has 166 valence electrons. The number of fused-ring (bicyclic) bond motifs is 1. The van der Waals surface area contributed by atoms with Crippen LogP contribution >= 0.6 is 0 Å². The summed E-state index contributed by atoms with van der Waals surface area (Å²) in [5.41, 5.74) is 0. The van der Waals surface area contributed by atoms with E-state index in [1.807, 2.05) is 0 Å². The minimum absolute atomic E-state index is 0.0332. The lowest BCUT2D eigenvalue weighted by molar-refractivity contribution is -0.140. The molecule has 0 aliphatic carbocycles. The zero-order valence-corrected chi connectivity index (χ0v) is 17.4. The lowest BCUT2D eigenvalue weighted by atomic mass is 10.3. The van der Waals surface area contributed by atoms with E-state index in [9.17, 15) is 18.0 Å². The fraction of sp³-hybridized carbons (Fsp3) is 0.556. The zero-order chi connectivity index (χ0) is 21.6. The third kappa shape index (κ3) is 5.19. The average molecular weight is 443 g/mol. The Morgan fingerprint density at radius 1 is 1.13 bits per heavy atom. The van der Waals surface area contributed by atoms with Crippen LogP contribution in [-0.4, -0.2) is 83.9 Å². The van der Waals surface area contributed by atoms with Crippen molar-refractivity contribution in [1.82, 2.24) is 14.9 Å². The number of hydrogen-bond acceptors (Lipinski definition) is 8. The van der Waals surface area contributed by atoms with Gasteiger partial charge in [-0.3, -0.25) is 9.59 Å². The van der Waals surface area contributed by atoms with Gasteiger partial charge in [-0.2, -0.15) is 4.31 Å². The molecule has 1 aromatic carbocycles. The van der Waals surface area contributed by atoms with Gasteiger partial charge in [-0.15, -0.1) is 0 Å². The average Bonchev–Trinajstić information content (AvgIpc) is 2.77. The van der Waals surface area contributed by atoms with Gasteiger partial charge in [0.15, 0.2) is 11.5 Å². The topological polar surface area (TPSA) is 132 Å². The molecule has 0 spiro atoms. The highest BCUT2D eigenvalue weighted by atomic mass is 32.2. The van der Waals surface area contributed by atoms with E-state index in [1.54, 1.807) is 6.07 Å². The molecule has 1 fully saturated rings. The lowest BCUT2D eigenvalue weighted by Crippen LogP contribution is -2.53. The van der Waals surface area contributed by atoms with Crippen LogP contribution in [0.2, 0.25) is 0 Å². The highest BCUT2D eigenvalue weighted by molar-refractivity contribution is 7.89. The summed E-state index contributed by atoms with van der Waals surface area (Å²) in [7, 11) is -2.45. The van der Waals surface area contributed by atoms with Crippen molar-refractivity contribution in [1.29, 1.82) is 0 Å². The fourth-order valence-electron chi connectivity index (χ4n) is 3.03. The summed E-state index contributed by atoms with van der Waals surface area (Å²) >= 11 is 0. The molecule has 1 atom stereocenters. The molecule has 1 aromatic rings. The van der Waals surface area contributed by atoms with Gasteiger partial charge in [0.2, 0.25) is 10.0 Å². The molecule has 2 N–H and O–H groups in total. The summed E-state index contributed by atoms with van der Waals surface area (Å²) in [6.45, 7) is 1.59. The third-order valence-corrected chi connectivity index (χ3v) is 6.39. The molecule has 0 aromatic heterocycles. The second kappa shape index (κ2) is 10.1. The van der Waals surface area contributed by atoms with Gasteiger partial charge in [-0.05, 0) is 18.6 Å². The maximum absolute atomic E-state index is 13.2. The Bertz CT molecular complexity index is 876. The Kier molecular flexibility index (Phi) is 7.48. The van der Waals surface area contributed by atoms with Crippen molar-refractivity contribution in [2.75, 3.05) is 53.2 Å². The van der Waals surface area contributed by atoms with Crippen LogP contribution in [0.4, 0.5) is 0 Å². The molecule has 0 bridgehead atoms. The highest BCUT2D eigenvalue weighted by Crippen LogP contribution is 2.34. The molecule has 0 unspecified atom stereocenters. The summed E-state index contributed by atoms with van der Waals surface area (Å²) in [6.07, 6.45) is -0.432. The second-order valence-corrected chi connectivity index (χ2v) is 8.45. The van der Waals surface area contributed by atoms with Crippen molar-refractivity contribution < 1.29 is 37.0 Å². The second-order valence-electron chi connectivity index (χ2n) is 6.56. The monoisotopic (exact) mass is 443 g/mol. The van der Waals surface area contributed by atoms with E-state index < -0.39 is 28.1 Å². The Labute approximate surface area is 174 Å². The van der Waals surface area contributed by atoms with Gasteiger partial charge in [0.05, 0.1) is 24.7 Å². The van der Waals surface area contributed by atoms with Gasteiger partial charge >= 0.3 is 11.8 Å². The van der Waals surface area contributed by atoms with Crippen molar-refractivity contribution in [3.8, 4) is 11.5 Å². The summed E-state index contributed by atoms with van der Waals surface area (Å²) < 4.78 is 48.8. The van der Waals surface area contributed by atoms with Crippen LogP contribution in [0.1, 0.15) is 6.42 Å². The molecule has 2 aliphatic heterocycles. The van der Waals surface area contributed by atoms with Crippen LogP contribution in [0.25, 0.3) is 0 Å². The number of sulfonamides is 1. The molecule has 12 heteroatoms. The Hall–Kier alpha value is -2.41. The molecule has 1 saturated heterocycles. The Morgan fingerprint density at radius 2 is 1.87 bits per heavy atom. The minimum atomic E-state index is -3.93. The molecule has 2 amide bonds. The third-order valence-electron chi connectivity index (χ3n) is 4.51. The maximum Gasteiger partial charge on any atom is 0.309 e. The maximum atomic E-state index is 13.2. The van der Waals surface area contributed by atoms with Crippen molar-refractivity contribution in [3.63, 3.8) is 0 Å². The van der Waals surface area contributed by atoms with Crippen molar-refractivity contribution in [3.05, 3.63) is 18.2 Å². The number of nitrogens with one attached hydrogen (secondary N) is 2. The molecular formula is C18H25N3O8S. The van der Waals surface area contributed by atoms with E-state index in [2.05, 4.69) is 10.6 Å². The van der Waals surface area contributed by atoms with Crippen LogP contribution in [-0.2, 0) is 29.1 Å². The summed E-state index contributed by atoms with van der Waals surface area (Å²) in [5, 5.41) is 4.81. The molecule has 0 radical (unpaired) electrons. The van der Waals surface area contributed by atoms with Crippen LogP contribution in [0.5, 0.6) is 11.5 Å². The number of benzene rings is 1. The summed E-state index contributed by atoms with van der Waals surface area (Å²) in [5.74, 6) is -0.864. The molecule has 3 rings (SSSR count). The fourth-order valence-corrected chi connectivity index (χ4v) is 4.61. The van der Waals surface area contributed by atoms with E-state index in [1.165, 1.54) is 23.5 Å². The number of hydrogen-bond donors (Lipinski definition) is 2. The first-order valence-corrected chi connectivity index (χ1v) is 11.0. The van der Waals surface area contributed by atoms with Gasteiger partial charge in [-0.1, -0.05) is 0 Å². The van der Waals surface area contributed by atoms with Crippen molar-refractivity contribution in [2.24, 2.45) is 0 Å². The molecule has 2 aliphatic rings. The Balaban J connectivity index is 1.67. The normalized spacial score (nSPS) is 19.2. The lowest BCUT2D eigenvalue weighted by Gasteiger charge is -2.34. The number of methoxy groups -OCH3 is 1. The van der Waals surface area contributed by atoms with Crippen LogP contribution in [0.3, 0.4) is 0 Å². The quantitative estimate of drug-likeness (QED) is 0.408. The first-order valence-electron chi connectivity index (χ1n) is 9.51. The number of nitrogens with zero attached hydrogens (tertiary/aromatic N) is 1. The first kappa shape index (κ1) is 22.3. The van der Waals surface area contributed by atoms with E-state index in [4.69, 9.17) is 18.9 Å². The SMILES string of the molecule is COCCNC(=O)C(=O)NC[C@H]1OCCCN1S(=O)(=O)c1ccc2c(c1)OCCO2. The van der Waals surface area contributed by atoms with E-state index >= 15 is 0 Å². The molecule has 11 nitrogen and oxygen atoms in total. The van der Waals surface area contributed by atoms with Gasteiger partial charge in [-0.25, -0.2) is 8.42 Å². The summed E-state index contributed by atoms with van der Waals surface area (Å²) in [6, 6.07) is 4.40. The Morgan fingerprint density at radius 3 is 2.63 bits per heavy atom. The van der Waals surface area contributed by atoms with E-state index in [-0.39, 0.29) is 31.1 Å². The van der Waals surface area contributed by atoms with E-state index in [0.29, 0.717) is 37.7 Å². The smallest absolute Gasteiger partial charge is 0.309 e. The first-order chi connectivity index (χ1) is 14.4. The van der Waals surface area contributed by atoms with Gasteiger partial charge in [0.25, 0.3) is 0 Å². The number of carbonyl (C=O) groups excluding carboxylic acids is 2. The number of amides is 2. The predicted octanol–water partition coefficient (Wildman–Crippen LogP) is -0.926. The van der Waals surface area contributed by atoms with Crippen molar-refractivity contribution >= 4 is 21.8 Å². The molecule has 0 saturated carbocycles. The highest BCUT2D eigenvalue weighted by Gasteiger charge is 2.35. The van der Waals surface area contributed by atoms with Gasteiger partial charge < -0.3 is 29.6 Å². The molecule has 30 heavy (non-hydrogen) atoms. The molecule has 2 heterocycles.